The summed E-state index contributed by atoms with van der Waals surface area (Å²) in [6.07, 6.45) is 3.85. The molecule has 166 valence electrons. The van der Waals surface area contributed by atoms with E-state index < -0.39 is 0 Å². The molecule has 0 N–H and O–H groups in total. The first-order chi connectivity index (χ1) is 15.0. The molecule has 1 saturated heterocycles. The van der Waals surface area contributed by atoms with Crippen LogP contribution in [0.25, 0.3) is 0 Å². The van der Waals surface area contributed by atoms with E-state index in [1.54, 1.807) is 4.90 Å². The lowest BCUT2D eigenvalue weighted by atomic mass is 9.98. The fourth-order valence-electron chi connectivity index (χ4n) is 4.44. The summed E-state index contributed by atoms with van der Waals surface area (Å²) in [6, 6.07) is 11.3. The van der Waals surface area contributed by atoms with Gasteiger partial charge in [0.1, 0.15) is 11.6 Å². The van der Waals surface area contributed by atoms with Crippen LogP contribution in [-0.4, -0.2) is 57.2 Å². The summed E-state index contributed by atoms with van der Waals surface area (Å²) in [4.78, 5) is 19.1. The maximum Gasteiger partial charge on any atom is 0.258 e. The monoisotopic (exact) mass is 425 g/mol. The van der Waals surface area contributed by atoms with Gasteiger partial charge in [-0.2, -0.15) is 0 Å². The van der Waals surface area contributed by atoms with Gasteiger partial charge in [0, 0.05) is 36.9 Å². The molecule has 5 nitrogen and oxygen atoms in total. The summed E-state index contributed by atoms with van der Waals surface area (Å²) in [5.74, 6) is 0.461. The second kappa shape index (κ2) is 9.27. The number of anilines is 2. The summed E-state index contributed by atoms with van der Waals surface area (Å²) in [5.41, 5.74) is 2.90. The molecule has 2 aromatic rings. The molecule has 0 unspecified atom stereocenters. The Hall–Kier alpha value is -2.60. The van der Waals surface area contributed by atoms with Crippen LogP contribution < -0.4 is 14.5 Å². The van der Waals surface area contributed by atoms with Crippen molar-refractivity contribution in [2.45, 2.75) is 38.6 Å². The largest absolute Gasteiger partial charge is 0.494 e. The molecule has 0 saturated carbocycles. The van der Waals surface area contributed by atoms with E-state index in [4.69, 9.17) is 4.74 Å². The lowest BCUT2D eigenvalue weighted by molar-refractivity contribution is 0.0980. The molecule has 0 radical (unpaired) electrons. The number of fused-ring (bicyclic) bond motifs is 1. The molecule has 1 fully saturated rings. The zero-order valence-electron chi connectivity index (χ0n) is 18.7. The number of nitrogens with zero attached hydrogens (tertiary/aromatic N) is 3. The zero-order valence-corrected chi connectivity index (χ0v) is 18.7. The molecule has 31 heavy (non-hydrogen) atoms. The van der Waals surface area contributed by atoms with E-state index in [0.29, 0.717) is 36.1 Å². The number of hydrogen-bond acceptors (Lipinski definition) is 4. The first-order valence-corrected chi connectivity index (χ1v) is 11.3. The van der Waals surface area contributed by atoms with Gasteiger partial charge in [0.25, 0.3) is 5.91 Å². The Morgan fingerprint density at radius 1 is 1.16 bits per heavy atom. The predicted molar refractivity (Wildman–Crippen MR) is 123 cm³/mol. The van der Waals surface area contributed by atoms with Crippen molar-refractivity contribution in [2.75, 3.05) is 50.1 Å². The fraction of sp³-hybridized carbons (Fsp3) is 0.480. The standard InChI is InChI=1S/C25H32FN3O2/c1-4-5-14-31-21-7-8-22-18(15-21)10-13-29(25(22)30)19-6-9-24(23(26)16-19)28-12-11-20(17-28)27(2)3/h6-9,15-16,20H,4-5,10-14,17H2,1-3H3/t20-/m1/s1. The van der Waals surface area contributed by atoms with Crippen molar-refractivity contribution in [1.29, 1.82) is 0 Å². The van der Waals surface area contributed by atoms with Crippen LogP contribution in [0.5, 0.6) is 5.75 Å². The Morgan fingerprint density at radius 3 is 2.71 bits per heavy atom. The van der Waals surface area contributed by atoms with Gasteiger partial charge in [-0.15, -0.1) is 0 Å². The average molecular weight is 426 g/mol. The number of unbranched alkanes of at least 4 members (excludes halogenated alkanes) is 1. The molecule has 4 rings (SSSR count). The molecular weight excluding hydrogens is 393 g/mol. The molecule has 0 aliphatic carbocycles. The van der Waals surface area contributed by atoms with E-state index >= 15 is 0 Å². The molecule has 0 aromatic heterocycles. The van der Waals surface area contributed by atoms with E-state index in [1.165, 1.54) is 6.07 Å². The molecule has 2 aliphatic heterocycles. The third-order valence-electron chi connectivity index (χ3n) is 6.40. The molecule has 2 aliphatic rings. The Bertz CT molecular complexity index is 946. The highest BCUT2D eigenvalue weighted by Crippen LogP contribution is 2.32. The summed E-state index contributed by atoms with van der Waals surface area (Å²) in [5, 5.41) is 0. The number of ether oxygens (including phenoxy) is 1. The fourth-order valence-corrected chi connectivity index (χ4v) is 4.44. The van der Waals surface area contributed by atoms with Crippen LogP contribution in [0.2, 0.25) is 0 Å². The van der Waals surface area contributed by atoms with Crippen LogP contribution in [0.4, 0.5) is 15.8 Å². The van der Waals surface area contributed by atoms with Crippen molar-refractivity contribution < 1.29 is 13.9 Å². The van der Waals surface area contributed by atoms with Gasteiger partial charge in [0.05, 0.1) is 12.3 Å². The quantitative estimate of drug-likeness (QED) is 0.618. The number of benzene rings is 2. The van der Waals surface area contributed by atoms with Crippen molar-refractivity contribution >= 4 is 17.3 Å². The maximum atomic E-state index is 15.0. The van der Waals surface area contributed by atoms with Gasteiger partial charge in [-0.25, -0.2) is 4.39 Å². The number of carbonyl (C=O) groups is 1. The zero-order chi connectivity index (χ0) is 22.0. The van der Waals surface area contributed by atoms with E-state index in [-0.39, 0.29) is 11.7 Å². The Morgan fingerprint density at radius 2 is 2.00 bits per heavy atom. The number of hydrogen-bond donors (Lipinski definition) is 0. The topological polar surface area (TPSA) is 36.0 Å². The lowest BCUT2D eigenvalue weighted by Crippen LogP contribution is -2.37. The molecule has 2 heterocycles. The number of carbonyl (C=O) groups excluding carboxylic acids is 1. The predicted octanol–water partition coefficient (Wildman–Crippen LogP) is 4.35. The summed E-state index contributed by atoms with van der Waals surface area (Å²) >= 11 is 0. The SMILES string of the molecule is CCCCOc1ccc2c(c1)CCN(c1ccc(N3CC[C@@H](N(C)C)C3)c(F)c1)C2=O. The van der Waals surface area contributed by atoms with Crippen LogP contribution in [0.1, 0.15) is 42.1 Å². The molecular formula is C25H32FN3O2. The van der Waals surface area contributed by atoms with E-state index in [1.807, 2.05) is 30.3 Å². The smallest absolute Gasteiger partial charge is 0.258 e. The Labute approximate surface area is 184 Å². The van der Waals surface area contributed by atoms with Crippen molar-refractivity contribution in [3.8, 4) is 5.75 Å². The van der Waals surface area contributed by atoms with Gasteiger partial charge in [-0.05, 0) is 75.3 Å². The minimum absolute atomic E-state index is 0.0812. The van der Waals surface area contributed by atoms with Crippen LogP contribution in [0, 0.1) is 5.82 Å². The molecule has 0 bridgehead atoms. The van der Waals surface area contributed by atoms with E-state index in [9.17, 15) is 9.18 Å². The minimum Gasteiger partial charge on any atom is -0.494 e. The first-order valence-electron chi connectivity index (χ1n) is 11.3. The molecule has 1 amide bonds. The molecule has 0 spiro atoms. The summed E-state index contributed by atoms with van der Waals surface area (Å²) in [7, 11) is 4.13. The molecule has 1 atom stereocenters. The number of rotatable bonds is 7. The lowest BCUT2D eigenvalue weighted by Gasteiger charge is -2.30. The van der Waals surface area contributed by atoms with Gasteiger partial charge in [-0.3, -0.25) is 4.79 Å². The minimum atomic E-state index is -0.268. The van der Waals surface area contributed by atoms with Crippen molar-refractivity contribution in [2.24, 2.45) is 0 Å². The van der Waals surface area contributed by atoms with E-state index in [2.05, 4.69) is 30.8 Å². The van der Waals surface area contributed by atoms with Crippen LogP contribution >= 0.6 is 0 Å². The molecule has 2 aromatic carbocycles. The normalized spacial score (nSPS) is 18.6. The average Bonchev–Trinajstić information content (AvgIpc) is 3.24. The summed E-state index contributed by atoms with van der Waals surface area (Å²) in [6.45, 7) is 5.02. The highest BCUT2D eigenvalue weighted by molar-refractivity contribution is 6.08. The number of halogens is 1. The molecule has 6 heteroatoms. The van der Waals surface area contributed by atoms with Gasteiger partial charge in [0.15, 0.2) is 0 Å². The van der Waals surface area contributed by atoms with Crippen LogP contribution in [-0.2, 0) is 6.42 Å². The second-order valence-corrected chi connectivity index (χ2v) is 8.72. The third-order valence-corrected chi connectivity index (χ3v) is 6.40. The Kier molecular flexibility index (Phi) is 6.46. The number of likely N-dealkylation sites (N-methyl/N-ethyl adjacent to an activating group) is 1. The van der Waals surface area contributed by atoms with Crippen LogP contribution in [0.3, 0.4) is 0 Å². The van der Waals surface area contributed by atoms with Crippen molar-refractivity contribution in [1.82, 2.24) is 4.90 Å². The third kappa shape index (κ3) is 4.54. The van der Waals surface area contributed by atoms with Crippen LogP contribution in [0.15, 0.2) is 36.4 Å². The summed E-state index contributed by atoms with van der Waals surface area (Å²) < 4.78 is 20.8. The first kappa shape index (κ1) is 21.6. The highest BCUT2D eigenvalue weighted by Gasteiger charge is 2.29. The van der Waals surface area contributed by atoms with Crippen molar-refractivity contribution in [3.63, 3.8) is 0 Å². The number of amides is 1. The highest BCUT2D eigenvalue weighted by atomic mass is 19.1. The van der Waals surface area contributed by atoms with Gasteiger partial charge < -0.3 is 19.4 Å². The van der Waals surface area contributed by atoms with Gasteiger partial charge in [0.2, 0.25) is 0 Å². The van der Waals surface area contributed by atoms with Crippen molar-refractivity contribution in [3.05, 3.63) is 53.3 Å². The Balaban J connectivity index is 1.48. The van der Waals surface area contributed by atoms with E-state index in [0.717, 1.165) is 50.1 Å². The van der Waals surface area contributed by atoms with Gasteiger partial charge >= 0.3 is 0 Å². The second-order valence-electron chi connectivity index (χ2n) is 8.72. The van der Waals surface area contributed by atoms with Gasteiger partial charge in [-0.1, -0.05) is 13.3 Å². The maximum absolute atomic E-state index is 15.0.